The van der Waals surface area contributed by atoms with Gasteiger partial charge in [-0.05, 0) is 17.5 Å². The predicted molar refractivity (Wildman–Crippen MR) is 67.9 cm³/mol. The van der Waals surface area contributed by atoms with Crippen LogP contribution >= 0.6 is 23.2 Å². The Morgan fingerprint density at radius 3 is 2.53 bits per heavy atom. The average Bonchev–Trinajstić information content (AvgIpc) is 2.21. The summed E-state index contributed by atoms with van der Waals surface area (Å²) in [5, 5.41) is 0.523. The molecule has 0 unspecified atom stereocenters. The van der Waals surface area contributed by atoms with Gasteiger partial charge in [-0.15, -0.1) is 0 Å². The third-order valence-corrected chi connectivity index (χ3v) is 2.53. The van der Waals surface area contributed by atoms with Gasteiger partial charge in [-0.3, -0.25) is 0 Å². The van der Waals surface area contributed by atoms with E-state index < -0.39 is 6.16 Å². The van der Waals surface area contributed by atoms with E-state index in [1.807, 2.05) is 20.8 Å². The van der Waals surface area contributed by atoms with Gasteiger partial charge >= 0.3 is 6.16 Å². The monoisotopic (exact) mass is 276 g/mol. The number of carbonyl (C=O) groups is 1. The van der Waals surface area contributed by atoms with Gasteiger partial charge in [0.25, 0.3) is 0 Å². The molecule has 0 aromatic heterocycles. The molecule has 0 bridgehead atoms. The second-order valence-corrected chi connectivity index (χ2v) is 5.54. The van der Waals surface area contributed by atoms with Gasteiger partial charge < -0.3 is 9.47 Å². The fourth-order valence-electron chi connectivity index (χ4n) is 0.958. The molecule has 0 fully saturated rings. The molecule has 94 valence electrons. The maximum atomic E-state index is 11.4. The van der Waals surface area contributed by atoms with Crippen LogP contribution in [0.4, 0.5) is 4.79 Å². The van der Waals surface area contributed by atoms with E-state index in [0.717, 1.165) is 0 Å². The summed E-state index contributed by atoms with van der Waals surface area (Å²) in [5.41, 5.74) is -0.114. The molecule has 5 heteroatoms. The van der Waals surface area contributed by atoms with Crippen molar-refractivity contribution in [2.75, 3.05) is 6.61 Å². The maximum absolute atomic E-state index is 11.4. The summed E-state index contributed by atoms with van der Waals surface area (Å²) in [6, 6.07) is 4.80. The van der Waals surface area contributed by atoms with Crippen LogP contribution in [0.1, 0.15) is 20.8 Å². The molecule has 1 rings (SSSR count). The van der Waals surface area contributed by atoms with E-state index in [1.165, 1.54) is 0 Å². The molecule has 0 spiro atoms. The van der Waals surface area contributed by atoms with Gasteiger partial charge in [0.1, 0.15) is 5.02 Å². The molecule has 1 aromatic rings. The summed E-state index contributed by atoms with van der Waals surface area (Å²) < 4.78 is 9.89. The van der Waals surface area contributed by atoms with Crippen LogP contribution < -0.4 is 4.74 Å². The first-order valence-corrected chi connectivity index (χ1v) is 5.84. The molecule has 0 heterocycles. The molecular weight excluding hydrogens is 263 g/mol. The predicted octanol–water partition coefficient (Wildman–Crippen LogP) is 4.55. The minimum atomic E-state index is -0.788. The summed E-state index contributed by atoms with van der Waals surface area (Å²) in [6.07, 6.45) is -0.788. The van der Waals surface area contributed by atoms with Crippen molar-refractivity contribution in [1.29, 1.82) is 0 Å². The summed E-state index contributed by atoms with van der Waals surface area (Å²) in [6.45, 7) is 6.12. The number of carbonyl (C=O) groups excluding carboxylic acids is 1. The zero-order valence-electron chi connectivity index (χ0n) is 9.92. The normalized spacial score (nSPS) is 11.1. The molecule has 0 saturated carbocycles. The standard InChI is InChI=1S/C12H14Cl2O3/c1-12(2,3)7-16-11(15)17-9-6-4-5-8(13)10(9)14/h4-6H,7H2,1-3H3. The lowest BCUT2D eigenvalue weighted by molar-refractivity contribution is 0.0685. The molecule has 0 aliphatic heterocycles. The molecule has 1 aromatic carbocycles. The van der Waals surface area contributed by atoms with E-state index >= 15 is 0 Å². The van der Waals surface area contributed by atoms with Crippen molar-refractivity contribution < 1.29 is 14.3 Å². The van der Waals surface area contributed by atoms with E-state index in [0.29, 0.717) is 5.02 Å². The van der Waals surface area contributed by atoms with Gasteiger partial charge in [-0.2, -0.15) is 0 Å². The van der Waals surface area contributed by atoms with Crippen molar-refractivity contribution >= 4 is 29.4 Å². The van der Waals surface area contributed by atoms with Gasteiger partial charge in [0.15, 0.2) is 5.75 Å². The van der Waals surface area contributed by atoms with Crippen LogP contribution in [0.25, 0.3) is 0 Å². The van der Waals surface area contributed by atoms with E-state index in [9.17, 15) is 4.79 Å². The topological polar surface area (TPSA) is 35.5 Å². The van der Waals surface area contributed by atoms with Crippen molar-refractivity contribution in [2.24, 2.45) is 5.41 Å². The SMILES string of the molecule is CC(C)(C)COC(=O)Oc1cccc(Cl)c1Cl. The number of rotatable bonds is 2. The Bertz CT molecular complexity index is 411. The van der Waals surface area contributed by atoms with Gasteiger partial charge in [0.2, 0.25) is 0 Å². The van der Waals surface area contributed by atoms with Crippen molar-refractivity contribution in [1.82, 2.24) is 0 Å². The second-order valence-electron chi connectivity index (χ2n) is 4.75. The van der Waals surface area contributed by atoms with Crippen molar-refractivity contribution in [3.05, 3.63) is 28.2 Å². The van der Waals surface area contributed by atoms with Crippen LogP contribution in [0.2, 0.25) is 10.0 Å². The van der Waals surface area contributed by atoms with Gasteiger partial charge in [-0.25, -0.2) is 4.79 Å². The van der Waals surface area contributed by atoms with E-state index in [1.54, 1.807) is 18.2 Å². The highest BCUT2D eigenvalue weighted by atomic mass is 35.5. The minimum Gasteiger partial charge on any atom is -0.433 e. The first-order valence-electron chi connectivity index (χ1n) is 5.08. The molecule has 0 saturated heterocycles. The van der Waals surface area contributed by atoms with Crippen LogP contribution in [0, 0.1) is 5.41 Å². The van der Waals surface area contributed by atoms with Crippen LogP contribution in [0.15, 0.2) is 18.2 Å². The molecule has 0 atom stereocenters. The summed E-state index contributed by atoms with van der Waals surface area (Å²) in [7, 11) is 0. The number of hydrogen-bond acceptors (Lipinski definition) is 3. The van der Waals surface area contributed by atoms with Crippen LogP contribution in [-0.4, -0.2) is 12.8 Å². The second kappa shape index (κ2) is 5.61. The fraction of sp³-hybridized carbons (Fsp3) is 0.417. The molecule has 0 N–H and O–H groups in total. The fourth-order valence-corrected chi connectivity index (χ4v) is 1.29. The maximum Gasteiger partial charge on any atom is 0.513 e. The van der Waals surface area contributed by atoms with E-state index in [4.69, 9.17) is 32.7 Å². The van der Waals surface area contributed by atoms with Gasteiger partial charge in [0.05, 0.1) is 11.6 Å². The number of benzene rings is 1. The van der Waals surface area contributed by atoms with Crippen molar-refractivity contribution in [3.8, 4) is 5.75 Å². The summed E-state index contributed by atoms with van der Waals surface area (Å²) >= 11 is 11.6. The Labute approximate surface area is 111 Å². The molecule has 17 heavy (non-hydrogen) atoms. The zero-order valence-corrected chi connectivity index (χ0v) is 11.4. The number of ether oxygens (including phenoxy) is 2. The van der Waals surface area contributed by atoms with Crippen LogP contribution in [0.5, 0.6) is 5.75 Å². The van der Waals surface area contributed by atoms with Crippen molar-refractivity contribution in [2.45, 2.75) is 20.8 Å². The largest absolute Gasteiger partial charge is 0.513 e. The highest BCUT2D eigenvalue weighted by Crippen LogP contribution is 2.31. The van der Waals surface area contributed by atoms with Crippen molar-refractivity contribution in [3.63, 3.8) is 0 Å². The Morgan fingerprint density at radius 2 is 1.94 bits per heavy atom. The molecule has 0 aliphatic rings. The Morgan fingerprint density at radius 1 is 1.29 bits per heavy atom. The minimum absolute atomic E-state index is 0.114. The third-order valence-electron chi connectivity index (χ3n) is 1.73. The van der Waals surface area contributed by atoms with Crippen LogP contribution in [-0.2, 0) is 4.74 Å². The quantitative estimate of drug-likeness (QED) is 0.587. The Hall–Kier alpha value is -0.930. The average molecular weight is 277 g/mol. The van der Waals surface area contributed by atoms with E-state index in [-0.39, 0.29) is 22.8 Å². The Kier molecular flexibility index (Phi) is 4.66. The molecule has 3 nitrogen and oxygen atoms in total. The zero-order chi connectivity index (χ0) is 13.1. The van der Waals surface area contributed by atoms with Crippen LogP contribution in [0.3, 0.4) is 0 Å². The summed E-state index contributed by atoms with van der Waals surface area (Å²) in [5.74, 6) is 0.193. The number of halogens is 2. The smallest absolute Gasteiger partial charge is 0.433 e. The lowest BCUT2D eigenvalue weighted by Gasteiger charge is -2.17. The Balaban J connectivity index is 2.60. The first-order chi connectivity index (χ1) is 7.79. The molecular formula is C12H14Cl2O3. The molecule has 0 amide bonds. The van der Waals surface area contributed by atoms with Gasteiger partial charge in [0, 0.05) is 0 Å². The lowest BCUT2D eigenvalue weighted by Crippen LogP contribution is -2.20. The highest BCUT2D eigenvalue weighted by Gasteiger charge is 2.16. The first kappa shape index (κ1) is 14.1. The molecule has 0 aliphatic carbocycles. The third kappa shape index (κ3) is 4.84. The lowest BCUT2D eigenvalue weighted by atomic mass is 9.99. The number of hydrogen-bond donors (Lipinski definition) is 0. The van der Waals surface area contributed by atoms with E-state index in [2.05, 4.69) is 0 Å². The van der Waals surface area contributed by atoms with Gasteiger partial charge in [-0.1, -0.05) is 50.0 Å². The molecule has 0 radical (unpaired) electrons. The highest BCUT2D eigenvalue weighted by molar-refractivity contribution is 6.42. The summed E-state index contributed by atoms with van der Waals surface area (Å²) in [4.78, 5) is 11.4.